The number of Topliss-reactive ketones (excluding diaryl/α,β-unsaturated/α-hetero) is 1. The lowest BCUT2D eigenvalue weighted by Crippen LogP contribution is -2.37. The molecule has 9 nitrogen and oxygen atoms in total. The molecule has 2 aromatic rings. The van der Waals surface area contributed by atoms with Gasteiger partial charge >= 0.3 is 6.09 Å². The molecule has 0 bridgehead atoms. The van der Waals surface area contributed by atoms with Crippen LogP contribution in [0.2, 0.25) is 0 Å². The Hall–Kier alpha value is -3.66. The molecule has 2 heterocycles. The number of hydrogen-bond donors (Lipinski definition) is 1. The highest BCUT2D eigenvalue weighted by Crippen LogP contribution is 2.28. The number of carbonyl (C=O) groups is 3. The zero-order valence-corrected chi connectivity index (χ0v) is 19.5. The van der Waals surface area contributed by atoms with Crippen LogP contribution in [0.15, 0.2) is 42.5 Å². The summed E-state index contributed by atoms with van der Waals surface area (Å²) in [6.45, 7) is 2.59. The Balaban J connectivity index is 1.24. The third kappa shape index (κ3) is 6.07. The molecule has 0 unspecified atom stereocenters. The summed E-state index contributed by atoms with van der Waals surface area (Å²) in [4.78, 5) is 40.1. The number of nitrogens with zero attached hydrogens (tertiary/aromatic N) is 2. The Morgan fingerprint density at radius 3 is 2.54 bits per heavy atom. The van der Waals surface area contributed by atoms with Crippen molar-refractivity contribution >= 4 is 29.2 Å². The van der Waals surface area contributed by atoms with E-state index in [0.717, 1.165) is 0 Å². The molecule has 0 saturated carbocycles. The molecular weight excluding hydrogens is 457 g/mol. The topological polar surface area (TPSA) is 97.4 Å². The van der Waals surface area contributed by atoms with Crippen molar-refractivity contribution in [2.45, 2.75) is 18.9 Å². The van der Waals surface area contributed by atoms with Crippen LogP contribution in [0.25, 0.3) is 0 Å². The molecule has 1 atom stereocenters. The predicted molar refractivity (Wildman–Crippen MR) is 127 cm³/mol. The monoisotopic (exact) mass is 485 g/mol. The maximum Gasteiger partial charge on any atom is 0.414 e. The van der Waals surface area contributed by atoms with Gasteiger partial charge in [-0.15, -0.1) is 0 Å². The van der Waals surface area contributed by atoms with E-state index >= 15 is 0 Å². The Bertz CT molecular complexity index is 1070. The number of ether oxygens (including phenoxy) is 3. The fourth-order valence-corrected chi connectivity index (χ4v) is 4.03. The summed E-state index contributed by atoms with van der Waals surface area (Å²) in [7, 11) is 1.54. The molecule has 4 rings (SSSR count). The van der Waals surface area contributed by atoms with E-state index in [1.165, 1.54) is 11.0 Å². The molecule has 1 N–H and O–H groups in total. The van der Waals surface area contributed by atoms with Crippen LogP contribution in [0.1, 0.15) is 23.2 Å². The summed E-state index contributed by atoms with van der Waals surface area (Å²) < 4.78 is 30.4. The van der Waals surface area contributed by atoms with Crippen LogP contribution in [0.3, 0.4) is 0 Å². The van der Waals surface area contributed by atoms with Crippen LogP contribution in [-0.2, 0) is 14.3 Å². The SMILES string of the molecule is COc1ccc(C(=O)CCC(=O)NC[C@H]2CN(c3ccc(N4CCOCC4)c(F)c3)C(=O)O2)cc1. The second kappa shape index (κ2) is 11.2. The first kappa shape index (κ1) is 24.5. The maximum absolute atomic E-state index is 14.7. The van der Waals surface area contributed by atoms with Gasteiger partial charge in [0.1, 0.15) is 17.7 Å². The molecule has 35 heavy (non-hydrogen) atoms. The van der Waals surface area contributed by atoms with Crippen molar-refractivity contribution in [1.82, 2.24) is 5.32 Å². The van der Waals surface area contributed by atoms with Gasteiger partial charge < -0.3 is 24.4 Å². The first-order valence-electron chi connectivity index (χ1n) is 11.5. The van der Waals surface area contributed by atoms with Crippen LogP contribution < -0.4 is 19.9 Å². The number of rotatable bonds is 9. The van der Waals surface area contributed by atoms with Crippen molar-refractivity contribution in [2.24, 2.45) is 0 Å². The van der Waals surface area contributed by atoms with Crippen LogP contribution in [0.4, 0.5) is 20.6 Å². The van der Waals surface area contributed by atoms with Crippen molar-refractivity contribution in [3.05, 3.63) is 53.8 Å². The number of methoxy groups -OCH3 is 1. The predicted octanol–water partition coefficient (Wildman–Crippen LogP) is 2.78. The van der Waals surface area contributed by atoms with Crippen molar-refractivity contribution in [1.29, 1.82) is 0 Å². The molecule has 2 amide bonds. The lowest BCUT2D eigenvalue weighted by molar-refractivity contribution is -0.121. The number of carbonyl (C=O) groups excluding carboxylic acids is 3. The Labute approximate surface area is 202 Å². The molecule has 2 aromatic carbocycles. The highest BCUT2D eigenvalue weighted by molar-refractivity contribution is 5.98. The van der Waals surface area contributed by atoms with E-state index in [2.05, 4.69) is 5.32 Å². The molecule has 2 saturated heterocycles. The van der Waals surface area contributed by atoms with Crippen molar-refractivity contribution < 1.29 is 33.0 Å². The van der Waals surface area contributed by atoms with Gasteiger partial charge in [0, 0.05) is 31.5 Å². The highest BCUT2D eigenvalue weighted by Gasteiger charge is 2.33. The standard InChI is InChI=1S/C25H28FN3O6/c1-33-19-5-2-17(3-6-19)23(30)8-9-24(31)27-15-20-16-29(25(32)35-20)18-4-7-22(21(26)14-18)28-10-12-34-13-11-28/h2-7,14,20H,8-13,15-16H2,1H3,(H,27,31)/t20-/m0/s1. The van der Waals surface area contributed by atoms with Gasteiger partial charge in [0.15, 0.2) is 5.78 Å². The molecule has 0 spiro atoms. The number of hydrogen-bond acceptors (Lipinski definition) is 7. The van der Waals surface area contributed by atoms with Gasteiger partial charge in [-0.3, -0.25) is 14.5 Å². The van der Waals surface area contributed by atoms with Crippen LogP contribution in [0.5, 0.6) is 5.75 Å². The smallest absolute Gasteiger partial charge is 0.414 e. The minimum absolute atomic E-state index is 0.0173. The number of ketones is 1. The fraction of sp³-hybridized carbons (Fsp3) is 0.400. The largest absolute Gasteiger partial charge is 0.497 e. The number of cyclic esters (lactones) is 1. The van der Waals surface area contributed by atoms with Gasteiger partial charge in [-0.1, -0.05) is 0 Å². The number of benzene rings is 2. The van der Waals surface area contributed by atoms with Gasteiger partial charge in [0.25, 0.3) is 0 Å². The molecule has 186 valence electrons. The van der Waals surface area contributed by atoms with E-state index in [1.54, 1.807) is 43.5 Å². The molecule has 10 heteroatoms. The van der Waals surface area contributed by atoms with Gasteiger partial charge in [-0.25, -0.2) is 9.18 Å². The zero-order chi connectivity index (χ0) is 24.8. The summed E-state index contributed by atoms with van der Waals surface area (Å²) in [6.07, 6.45) is -1.10. The van der Waals surface area contributed by atoms with E-state index in [9.17, 15) is 18.8 Å². The Morgan fingerprint density at radius 1 is 1.11 bits per heavy atom. The second-order valence-corrected chi connectivity index (χ2v) is 8.31. The van der Waals surface area contributed by atoms with E-state index in [4.69, 9.17) is 14.2 Å². The Morgan fingerprint density at radius 2 is 1.86 bits per heavy atom. The minimum atomic E-state index is -0.600. The summed E-state index contributed by atoms with van der Waals surface area (Å²) >= 11 is 0. The quantitative estimate of drug-likeness (QED) is 0.546. The lowest BCUT2D eigenvalue weighted by atomic mass is 10.1. The van der Waals surface area contributed by atoms with Crippen LogP contribution in [0, 0.1) is 5.82 Å². The average molecular weight is 486 g/mol. The molecule has 0 radical (unpaired) electrons. The first-order valence-corrected chi connectivity index (χ1v) is 11.5. The molecule has 2 fully saturated rings. The summed E-state index contributed by atoms with van der Waals surface area (Å²) in [5.74, 6) is -0.239. The normalized spacial score (nSPS) is 17.8. The number of morpholine rings is 1. The summed E-state index contributed by atoms with van der Waals surface area (Å²) in [6, 6.07) is 11.3. The maximum atomic E-state index is 14.7. The molecular formula is C25H28FN3O6. The first-order chi connectivity index (χ1) is 16.9. The van der Waals surface area contributed by atoms with Gasteiger partial charge in [-0.05, 0) is 42.5 Å². The Kier molecular flexibility index (Phi) is 7.81. The van der Waals surface area contributed by atoms with Crippen molar-refractivity contribution in [3.63, 3.8) is 0 Å². The lowest BCUT2D eigenvalue weighted by Gasteiger charge is -2.29. The fourth-order valence-electron chi connectivity index (χ4n) is 4.03. The number of nitrogens with one attached hydrogen (secondary N) is 1. The molecule has 2 aliphatic heterocycles. The highest BCUT2D eigenvalue weighted by atomic mass is 19.1. The molecule has 0 aliphatic carbocycles. The summed E-state index contributed by atoms with van der Waals surface area (Å²) in [5, 5.41) is 2.70. The summed E-state index contributed by atoms with van der Waals surface area (Å²) in [5.41, 5.74) is 1.37. The van der Waals surface area contributed by atoms with E-state index < -0.39 is 18.0 Å². The number of amides is 2. The van der Waals surface area contributed by atoms with E-state index in [-0.39, 0.29) is 37.6 Å². The number of anilines is 2. The van der Waals surface area contributed by atoms with Crippen LogP contribution >= 0.6 is 0 Å². The van der Waals surface area contributed by atoms with Crippen molar-refractivity contribution in [2.75, 3.05) is 56.3 Å². The van der Waals surface area contributed by atoms with Crippen LogP contribution in [-0.4, -0.2) is 70.4 Å². The third-order valence-corrected chi connectivity index (χ3v) is 5.99. The van der Waals surface area contributed by atoms with Crippen molar-refractivity contribution in [3.8, 4) is 5.75 Å². The van der Waals surface area contributed by atoms with Gasteiger partial charge in [-0.2, -0.15) is 0 Å². The zero-order valence-electron chi connectivity index (χ0n) is 19.5. The minimum Gasteiger partial charge on any atom is -0.497 e. The molecule has 2 aliphatic rings. The third-order valence-electron chi connectivity index (χ3n) is 5.99. The van der Waals surface area contributed by atoms with Gasteiger partial charge in [0.2, 0.25) is 5.91 Å². The van der Waals surface area contributed by atoms with E-state index in [1.807, 2.05) is 4.90 Å². The number of halogens is 1. The molecule has 0 aromatic heterocycles. The average Bonchev–Trinajstić information content (AvgIpc) is 3.26. The van der Waals surface area contributed by atoms with E-state index in [0.29, 0.717) is 49.0 Å². The van der Waals surface area contributed by atoms with Gasteiger partial charge in [0.05, 0.1) is 44.8 Å². The second-order valence-electron chi connectivity index (χ2n) is 8.31.